The minimum absolute atomic E-state index is 0.000425. The molecule has 2 fully saturated rings. The fourth-order valence-corrected chi connectivity index (χ4v) is 5.86. The van der Waals surface area contributed by atoms with Crippen LogP contribution in [0.3, 0.4) is 0 Å². The summed E-state index contributed by atoms with van der Waals surface area (Å²) in [7, 11) is 2.15. The molecule has 10 nitrogen and oxygen atoms in total. The van der Waals surface area contributed by atoms with Gasteiger partial charge in [-0.2, -0.15) is 4.98 Å². The Morgan fingerprint density at radius 3 is 2.61 bits per heavy atom. The summed E-state index contributed by atoms with van der Waals surface area (Å²) in [5, 5.41) is 6.17. The zero-order chi connectivity index (χ0) is 28.3. The number of piperazine rings is 1. The van der Waals surface area contributed by atoms with Crippen molar-refractivity contribution in [2.45, 2.75) is 39.0 Å². The standard InChI is InChI=1S/C30H37FN8O2/c1-20-16-22(8-9-24(20)38-14-12-37(2)13-15-38)33-30-32-17-23(31)28(36-30)34-26-11-10-25-29(35-26)39(27(40)19-41-25)18-21-6-4-3-5-7-21/h8-11,16-17,21H,3-7,12-15,18-19H2,1-2H3,(H2,32,33,34,35,36). The predicted molar refractivity (Wildman–Crippen MR) is 158 cm³/mol. The predicted octanol–water partition coefficient (Wildman–Crippen LogP) is 4.86. The molecule has 1 saturated carbocycles. The van der Waals surface area contributed by atoms with Crippen molar-refractivity contribution in [3.63, 3.8) is 0 Å². The van der Waals surface area contributed by atoms with Crippen LogP contribution in [0.1, 0.15) is 37.7 Å². The summed E-state index contributed by atoms with van der Waals surface area (Å²) in [6.45, 7) is 6.78. The van der Waals surface area contributed by atoms with E-state index in [1.165, 1.54) is 24.9 Å². The smallest absolute Gasteiger partial charge is 0.266 e. The van der Waals surface area contributed by atoms with E-state index in [1.807, 2.05) is 6.07 Å². The average molecular weight is 561 g/mol. The summed E-state index contributed by atoms with van der Waals surface area (Å²) in [5.74, 6) is 1.35. The number of amides is 1. The zero-order valence-electron chi connectivity index (χ0n) is 23.7. The largest absolute Gasteiger partial charge is 0.480 e. The molecule has 216 valence electrons. The van der Waals surface area contributed by atoms with Crippen LogP contribution in [-0.4, -0.2) is 72.1 Å². The van der Waals surface area contributed by atoms with Gasteiger partial charge in [-0.1, -0.05) is 19.3 Å². The molecule has 0 unspecified atom stereocenters. The van der Waals surface area contributed by atoms with E-state index in [4.69, 9.17) is 4.74 Å². The third-order valence-electron chi connectivity index (χ3n) is 8.20. The fraction of sp³-hybridized carbons (Fsp3) is 0.467. The molecule has 11 heteroatoms. The number of rotatable bonds is 7. The van der Waals surface area contributed by atoms with E-state index in [1.54, 1.807) is 17.0 Å². The number of ether oxygens (including phenoxy) is 1. The lowest BCUT2D eigenvalue weighted by molar-refractivity contribution is -0.121. The molecule has 0 bridgehead atoms. The fourth-order valence-electron chi connectivity index (χ4n) is 5.86. The highest BCUT2D eigenvalue weighted by molar-refractivity contribution is 5.97. The second-order valence-electron chi connectivity index (χ2n) is 11.2. The molecular formula is C30H37FN8O2. The van der Waals surface area contributed by atoms with Crippen LogP contribution in [0.25, 0.3) is 0 Å². The molecule has 6 rings (SSSR count). The number of pyridine rings is 1. The van der Waals surface area contributed by atoms with E-state index in [0.717, 1.165) is 56.5 Å². The Morgan fingerprint density at radius 2 is 1.83 bits per heavy atom. The molecule has 1 saturated heterocycles. The molecule has 4 heterocycles. The Bertz CT molecular complexity index is 1410. The molecule has 1 aromatic carbocycles. The van der Waals surface area contributed by atoms with Crippen molar-refractivity contribution in [3.05, 3.63) is 47.9 Å². The Kier molecular flexibility index (Phi) is 7.86. The van der Waals surface area contributed by atoms with E-state index >= 15 is 0 Å². The highest BCUT2D eigenvalue weighted by Crippen LogP contribution is 2.35. The Labute approximate surface area is 239 Å². The first kappa shape index (κ1) is 27.2. The van der Waals surface area contributed by atoms with Crippen LogP contribution in [0.15, 0.2) is 36.5 Å². The third-order valence-corrected chi connectivity index (χ3v) is 8.20. The van der Waals surface area contributed by atoms with Crippen LogP contribution >= 0.6 is 0 Å². The summed E-state index contributed by atoms with van der Waals surface area (Å²) in [4.78, 5) is 32.4. The van der Waals surface area contributed by atoms with Crippen LogP contribution in [0, 0.1) is 18.7 Å². The van der Waals surface area contributed by atoms with Gasteiger partial charge in [0.25, 0.3) is 5.91 Å². The normalized spacial score (nSPS) is 18.2. The van der Waals surface area contributed by atoms with Gasteiger partial charge in [0.1, 0.15) is 5.82 Å². The quantitative estimate of drug-likeness (QED) is 0.420. The first-order valence-electron chi connectivity index (χ1n) is 14.5. The van der Waals surface area contributed by atoms with Gasteiger partial charge in [-0.05, 0) is 68.6 Å². The number of aromatic nitrogens is 3. The molecule has 1 aliphatic carbocycles. The van der Waals surface area contributed by atoms with Crippen molar-refractivity contribution in [1.29, 1.82) is 0 Å². The van der Waals surface area contributed by atoms with Crippen LogP contribution in [-0.2, 0) is 4.79 Å². The van der Waals surface area contributed by atoms with Gasteiger partial charge in [0.15, 0.2) is 29.8 Å². The number of benzene rings is 1. The first-order valence-corrected chi connectivity index (χ1v) is 14.5. The van der Waals surface area contributed by atoms with E-state index in [2.05, 4.69) is 61.5 Å². The Morgan fingerprint density at radius 1 is 1.02 bits per heavy atom. The number of carbonyl (C=O) groups excluding carboxylic acids is 1. The minimum Gasteiger partial charge on any atom is -0.480 e. The molecule has 3 aromatic rings. The summed E-state index contributed by atoms with van der Waals surface area (Å²) in [6.07, 6.45) is 6.97. The second kappa shape index (κ2) is 11.9. The number of nitrogens with one attached hydrogen (secondary N) is 2. The van der Waals surface area contributed by atoms with Crippen molar-refractivity contribution < 1.29 is 13.9 Å². The molecule has 1 amide bonds. The Balaban J connectivity index is 1.17. The molecule has 0 radical (unpaired) electrons. The van der Waals surface area contributed by atoms with E-state index < -0.39 is 5.82 Å². The van der Waals surface area contributed by atoms with Gasteiger partial charge < -0.3 is 25.2 Å². The van der Waals surface area contributed by atoms with E-state index in [9.17, 15) is 9.18 Å². The number of aryl methyl sites for hydroxylation is 1. The number of fused-ring (bicyclic) bond motifs is 1. The van der Waals surface area contributed by atoms with Gasteiger partial charge in [0.2, 0.25) is 5.95 Å². The maximum atomic E-state index is 14.8. The Hall–Kier alpha value is -3.99. The number of likely N-dealkylation sites (N-methyl/N-ethyl adjacent to an activating group) is 1. The van der Waals surface area contributed by atoms with E-state index in [-0.39, 0.29) is 24.3 Å². The topological polar surface area (TPSA) is 98.8 Å². The lowest BCUT2D eigenvalue weighted by Crippen LogP contribution is -2.44. The van der Waals surface area contributed by atoms with Gasteiger partial charge in [0, 0.05) is 44.1 Å². The lowest BCUT2D eigenvalue weighted by Gasteiger charge is -2.35. The first-order chi connectivity index (χ1) is 19.9. The third kappa shape index (κ3) is 6.19. The molecule has 41 heavy (non-hydrogen) atoms. The van der Waals surface area contributed by atoms with Crippen molar-refractivity contribution in [2.75, 3.05) is 66.8 Å². The SMILES string of the molecule is Cc1cc(Nc2ncc(F)c(Nc3ccc4c(n3)N(CC3CCCCC3)C(=O)CO4)n2)ccc1N1CCN(C)CC1. The average Bonchev–Trinajstić information content (AvgIpc) is 2.98. The number of carbonyl (C=O) groups is 1. The summed E-state index contributed by atoms with van der Waals surface area (Å²) < 4.78 is 20.4. The van der Waals surface area contributed by atoms with Crippen LogP contribution in [0.2, 0.25) is 0 Å². The van der Waals surface area contributed by atoms with Crippen molar-refractivity contribution >= 4 is 40.7 Å². The van der Waals surface area contributed by atoms with Gasteiger partial charge >= 0.3 is 0 Å². The van der Waals surface area contributed by atoms with Crippen LogP contribution in [0.4, 0.5) is 39.2 Å². The number of anilines is 6. The van der Waals surface area contributed by atoms with Crippen LogP contribution < -0.4 is 25.2 Å². The molecule has 2 N–H and O–H groups in total. The molecule has 2 aliphatic heterocycles. The number of halogens is 1. The summed E-state index contributed by atoms with van der Waals surface area (Å²) >= 11 is 0. The second-order valence-corrected chi connectivity index (χ2v) is 11.2. The number of hydrogen-bond donors (Lipinski definition) is 2. The molecule has 0 spiro atoms. The monoisotopic (exact) mass is 560 g/mol. The molecule has 2 aromatic heterocycles. The van der Waals surface area contributed by atoms with Gasteiger partial charge in [-0.15, -0.1) is 0 Å². The summed E-state index contributed by atoms with van der Waals surface area (Å²) in [6, 6.07) is 9.60. The van der Waals surface area contributed by atoms with Crippen molar-refractivity contribution in [2.24, 2.45) is 5.92 Å². The highest BCUT2D eigenvalue weighted by Gasteiger charge is 2.30. The van der Waals surface area contributed by atoms with Crippen molar-refractivity contribution in [1.82, 2.24) is 19.9 Å². The van der Waals surface area contributed by atoms with E-state index in [0.29, 0.717) is 29.8 Å². The zero-order valence-corrected chi connectivity index (χ0v) is 23.7. The molecule has 0 atom stereocenters. The minimum atomic E-state index is -0.608. The number of hydrogen-bond acceptors (Lipinski definition) is 9. The molecule has 3 aliphatic rings. The van der Waals surface area contributed by atoms with Crippen LogP contribution in [0.5, 0.6) is 5.75 Å². The number of nitrogens with zero attached hydrogens (tertiary/aromatic N) is 6. The lowest BCUT2D eigenvalue weighted by atomic mass is 9.89. The molecular weight excluding hydrogens is 523 g/mol. The maximum absolute atomic E-state index is 14.8. The van der Waals surface area contributed by atoms with Gasteiger partial charge in [0.05, 0.1) is 6.20 Å². The van der Waals surface area contributed by atoms with Crippen molar-refractivity contribution in [3.8, 4) is 5.75 Å². The summed E-state index contributed by atoms with van der Waals surface area (Å²) in [5.41, 5.74) is 3.18. The highest BCUT2D eigenvalue weighted by atomic mass is 19.1. The van der Waals surface area contributed by atoms with Gasteiger partial charge in [-0.3, -0.25) is 9.69 Å². The maximum Gasteiger partial charge on any atom is 0.266 e. The van der Waals surface area contributed by atoms with Gasteiger partial charge in [-0.25, -0.2) is 14.4 Å².